The third-order valence-electron chi connectivity index (χ3n) is 4.86. The third-order valence-corrected chi connectivity index (χ3v) is 4.86. The van der Waals surface area contributed by atoms with Gasteiger partial charge in [-0.15, -0.1) is 0 Å². The second-order valence-electron chi connectivity index (χ2n) is 6.66. The van der Waals surface area contributed by atoms with Crippen LogP contribution in [0.15, 0.2) is 24.3 Å². The topological polar surface area (TPSA) is 21.3 Å². The van der Waals surface area contributed by atoms with Crippen LogP contribution >= 0.6 is 0 Å². The summed E-state index contributed by atoms with van der Waals surface area (Å²) < 4.78 is 5.21. The van der Waals surface area contributed by atoms with E-state index < -0.39 is 0 Å². The molecule has 2 nitrogen and oxygen atoms in total. The molecule has 2 rings (SSSR count). The maximum atomic E-state index is 5.21. The van der Waals surface area contributed by atoms with Crippen LogP contribution in [0, 0.1) is 5.92 Å². The maximum absolute atomic E-state index is 5.21. The Hall–Kier alpha value is -1.02. The molecule has 1 aliphatic carbocycles. The molecule has 0 amide bonds. The number of nitrogens with one attached hydrogen (secondary N) is 1. The van der Waals surface area contributed by atoms with Gasteiger partial charge in [-0.25, -0.2) is 0 Å². The SMILES string of the molecule is COc1ccc(CC(C)N[C@H](C)C2CCCCCC2)cc1. The van der Waals surface area contributed by atoms with Gasteiger partial charge in [-0.1, -0.05) is 37.8 Å². The largest absolute Gasteiger partial charge is 0.497 e. The van der Waals surface area contributed by atoms with Crippen LogP contribution in [0.1, 0.15) is 57.9 Å². The molecule has 21 heavy (non-hydrogen) atoms. The molecule has 2 atom stereocenters. The number of hydrogen-bond donors (Lipinski definition) is 1. The van der Waals surface area contributed by atoms with E-state index in [2.05, 4.69) is 43.4 Å². The van der Waals surface area contributed by atoms with Crippen LogP contribution in [0.25, 0.3) is 0 Å². The Morgan fingerprint density at radius 1 is 1.05 bits per heavy atom. The summed E-state index contributed by atoms with van der Waals surface area (Å²) in [6, 6.07) is 9.61. The minimum Gasteiger partial charge on any atom is -0.497 e. The number of benzene rings is 1. The van der Waals surface area contributed by atoms with Crippen molar-refractivity contribution in [2.45, 2.75) is 70.9 Å². The van der Waals surface area contributed by atoms with E-state index in [1.54, 1.807) is 7.11 Å². The molecule has 0 aliphatic heterocycles. The number of hydrogen-bond acceptors (Lipinski definition) is 2. The zero-order valence-corrected chi connectivity index (χ0v) is 13.9. The molecule has 0 radical (unpaired) electrons. The highest BCUT2D eigenvalue weighted by atomic mass is 16.5. The lowest BCUT2D eigenvalue weighted by atomic mass is 9.92. The molecule has 0 saturated heterocycles. The number of methoxy groups -OCH3 is 1. The molecule has 2 heteroatoms. The quantitative estimate of drug-likeness (QED) is 0.774. The first kappa shape index (κ1) is 16.4. The summed E-state index contributed by atoms with van der Waals surface area (Å²) in [5.41, 5.74) is 1.38. The first-order chi connectivity index (χ1) is 10.2. The highest BCUT2D eigenvalue weighted by Gasteiger charge is 2.20. The molecule has 0 heterocycles. The van der Waals surface area contributed by atoms with Crippen LogP contribution < -0.4 is 10.1 Å². The second-order valence-corrected chi connectivity index (χ2v) is 6.66. The molecule has 1 saturated carbocycles. The number of rotatable bonds is 6. The van der Waals surface area contributed by atoms with Crippen molar-refractivity contribution in [1.82, 2.24) is 5.32 Å². The molecule has 1 N–H and O–H groups in total. The molecular formula is C19H31NO. The predicted octanol–water partition coefficient (Wildman–Crippen LogP) is 4.57. The lowest BCUT2D eigenvalue weighted by Gasteiger charge is -2.27. The summed E-state index contributed by atoms with van der Waals surface area (Å²) in [5, 5.41) is 3.82. The summed E-state index contributed by atoms with van der Waals surface area (Å²) in [4.78, 5) is 0. The van der Waals surface area contributed by atoms with Gasteiger partial charge in [0.2, 0.25) is 0 Å². The molecule has 0 bridgehead atoms. The molecule has 1 aromatic rings. The summed E-state index contributed by atoms with van der Waals surface area (Å²) in [6.07, 6.45) is 9.61. The molecule has 1 fully saturated rings. The lowest BCUT2D eigenvalue weighted by molar-refractivity contribution is 0.313. The van der Waals surface area contributed by atoms with Gasteiger partial charge in [0, 0.05) is 12.1 Å². The summed E-state index contributed by atoms with van der Waals surface area (Å²) in [5.74, 6) is 1.80. The van der Waals surface area contributed by atoms with Gasteiger partial charge in [0.1, 0.15) is 5.75 Å². The molecule has 1 aromatic carbocycles. The van der Waals surface area contributed by atoms with E-state index in [0.717, 1.165) is 18.1 Å². The van der Waals surface area contributed by atoms with E-state index >= 15 is 0 Å². The molecule has 0 aromatic heterocycles. The first-order valence-electron chi connectivity index (χ1n) is 8.58. The highest BCUT2D eigenvalue weighted by molar-refractivity contribution is 5.27. The zero-order chi connectivity index (χ0) is 15.1. The lowest BCUT2D eigenvalue weighted by Crippen LogP contribution is -2.40. The maximum Gasteiger partial charge on any atom is 0.118 e. The normalized spacial score (nSPS) is 19.8. The number of ether oxygens (including phenoxy) is 1. The van der Waals surface area contributed by atoms with E-state index in [9.17, 15) is 0 Å². The third kappa shape index (κ3) is 5.35. The average molecular weight is 289 g/mol. The van der Waals surface area contributed by atoms with Crippen molar-refractivity contribution in [2.75, 3.05) is 7.11 Å². The van der Waals surface area contributed by atoms with Gasteiger partial charge in [0.15, 0.2) is 0 Å². The predicted molar refractivity (Wildman–Crippen MR) is 89.9 cm³/mol. The van der Waals surface area contributed by atoms with E-state index in [1.807, 2.05) is 0 Å². The monoisotopic (exact) mass is 289 g/mol. The van der Waals surface area contributed by atoms with Gasteiger partial charge in [0.05, 0.1) is 7.11 Å². The smallest absolute Gasteiger partial charge is 0.118 e. The van der Waals surface area contributed by atoms with E-state index in [1.165, 1.54) is 44.1 Å². The van der Waals surface area contributed by atoms with Crippen LogP contribution in [0.4, 0.5) is 0 Å². The van der Waals surface area contributed by atoms with Crippen LogP contribution in [-0.4, -0.2) is 19.2 Å². The fraction of sp³-hybridized carbons (Fsp3) is 0.684. The summed E-state index contributed by atoms with van der Waals surface area (Å²) in [7, 11) is 1.72. The second kappa shape index (κ2) is 8.43. The highest BCUT2D eigenvalue weighted by Crippen LogP contribution is 2.25. The Kier molecular flexibility index (Phi) is 6.56. The Bertz CT molecular complexity index is 393. The summed E-state index contributed by atoms with van der Waals surface area (Å²) in [6.45, 7) is 4.68. The van der Waals surface area contributed by atoms with Crippen molar-refractivity contribution in [3.8, 4) is 5.75 Å². The van der Waals surface area contributed by atoms with Crippen LogP contribution in [0.2, 0.25) is 0 Å². The van der Waals surface area contributed by atoms with Gasteiger partial charge in [-0.2, -0.15) is 0 Å². The van der Waals surface area contributed by atoms with Crippen LogP contribution in [-0.2, 0) is 6.42 Å². The van der Waals surface area contributed by atoms with Crippen LogP contribution in [0.3, 0.4) is 0 Å². The Balaban J connectivity index is 1.80. The van der Waals surface area contributed by atoms with Crippen molar-refractivity contribution < 1.29 is 4.74 Å². The minimum atomic E-state index is 0.525. The Morgan fingerprint density at radius 3 is 2.24 bits per heavy atom. The van der Waals surface area contributed by atoms with Crippen LogP contribution in [0.5, 0.6) is 5.75 Å². The molecule has 1 aliphatic rings. The van der Waals surface area contributed by atoms with E-state index in [4.69, 9.17) is 4.74 Å². The first-order valence-corrected chi connectivity index (χ1v) is 8.58. The fourth-order valence-corrected chi connectivity index (χ4v) is 3.57. The molecular weight excluding hydrogens is 258 g/mol. The van der Waals surface area contributed by atoms with Gasteiger partial charge in [-0.3, -0.25) is 0 Å². The Labute approximate surface area is 130 Å². The average Bonchev–Trinajstić information content (AvgIpc) is 2.77. The summed E-state index contributed by atoms with van der Waals surface area (Å²) >= 11 is 0. The van der Waals surface area contributed by atoms with Crippen molar-refractivity contribution in [3.05, 3.63) is 29.8 Å². The van der Waals surface area contributed by atoms with Crippen molar-refractivity contribution in [1.29, 1.82) is 0 Å². The van der Waals surface area contributed by atoms with Gasteiger partial charge < -0.3 is 10.1 Å². The fourth-order valence-electron chi connectivity index (χ4n) is 3.57. The van der Waals surface area contributed by atoms with Gasteiger partial charge in [0.25, 0.3) is 0 Å². The minimum absolute atomic E-state index is 0.525. The standard InChI is InChI=1S/C19H31NO/c1-15(14-17-10-12-19(21-3)13-11-17)20-16(2)18-8-6-4-5-7-9-18/h10-13,15-16,18,20H,4-9,14H2,1-3H3/t15?,16-/m1/s1. The van der Waals surface area contributed by atoms with Crippen molar-refractivity contribution in [3.63, 3.8) is 0 Å². The molecule has 1 unspecified atom stereocenters. The zero-order valence-electron chi connectivity index (χ0n) is 13.9. The van der Waals surface area contributed by atoms with Gasteiger partial charge in [-0.05, 0) is 56.7 Å². The molecule has 118 valence electrons. The van der Waals surface area contributed by atoms with Crippen molar-refractivity contribution >= 4 is 0 Å². The van der Waals surface area contributed by atoms with Gasteiger partial charge >= 0.3 is 0 Å². The van der Waals surface area contributed by atoms with Crippen molar-refractivity contribution in [2.24, 2.45) is 5.92 Å². The van der Waals surface area contributed by atoms with E-state index in [-0.39, 0.29) is 0 Å². The Morgan fingerprint density at radius 2 is 1.67 bits per heavy atom. The van der Waals surface area contributed by atoms with E-state index in [0.29, 0.717) is 12.1 Å². The molecule has 0 spiro atoms.